The number of anilines is 1. The quantitative estimate of drug-likeness (QED) is 0.885. The number of aryl methyl sites for hydroxylation is 1. The van der Waals surface area contributed by atoms with Gasteiger partial charge in [0.15, 0.2) is 11.5 Å². The number of nitrogens with one attached hydrogen (secondary N) is 1. The van der Waals surface area contributed by atoms with E-state index in [0.717, 1.165) is 28.3 Å². The standard InChI is InChI=1S/C19H21NO4/c1-22-13-15-3-2-4-16(11-15)20-19(21)8-6-14-5-7-17-18(12-14)24-10-9-23-17/h2-5,7,11-12H,6,8-10,13H2,1H3,(H,20,21). The Morgan fingerprint density at radius 1 is 1.08 bits per heavy atom. The number of ether oxygens (including phenoxy) is 3. The average molecular weight is 327 g/mol. The van der Waals surface area contributed by atoms with Gasteiger partial charge in [-0.2, -0.15) is 0 Å². The van der Waals surface area contributed by atoms with Gasteiger partial charge in [0.1, 0.15) is 13.2 Å². The number of fused-ring (bicyclic) bond motifs is 1. The molecule has 0 aliphatic carbocycles. The fourth-order valence-corrected chi connectivity index (χ4v) is 2.63. The Balaban J connectivity index is 1.55. The van der Waals surface area contributed by atoms with Crippen LogP contribution in [0.4, 0.5) is 5.69 Å². The Hall–Kier alpha value is -2.53. The molecular weight excluding hydrogens is 306 g/mol. The van der Waals surface area contributed by atoms with Crippen molar-refractivity contribution < 1.29 is 19.0 Å². The third-order valence-electron chi connectivity index (χ3n) is 3.77. The summed E-state index contributed by atoms with van der Waals surface area (Å²) in [6.07, 6.45) is 1.06. The lowest BCUT2D eigenvalue weighted by Crippen LogP contribution is -2.15. The topological polar surface area (TPSA) is 56.8 Å². The minimum absolute atomic E-state index is 0.0144. The van der Waals surface area contributed by atoms with Gasteiger partial charge in [-0.15, -0.1) is 0 Å². The van der Waals surface area contributed by atoms with E-state index < -0.39 is 0 Å². The van der Waals surface area contributed by atoms with E-state index >= 15 is 0 Å². The SMILES string of the molecule is COCc1cccc(NC(=O)CCc2ccc3c(c2)OCCO3)c1. The molecule has 0 saturated carbocycles. The summed E-state index contributed by atoms with van der Waals surface area (Å²) >= 11 is 0. The maximum Gasteiger partial charge on any atom is 0.224 e. The van der Waals surface area contributed by atoms with Gasteiger partial charge in [-0.3, -0.25) is 4.79 Å². The first-order valence-electron chi connectivity index (χ1n) is 8.01. The van der Waals surface area contributed by atoms with Crippen molar-refractivity contribution in [2.45, 2.75) is 19.4 Å². The van der Waals surface area contributed by atoms with Crippen molar-refractivity contribution in [3.8, 4) is 11.5 Å². The zero-order valence-electron chi connectivity index (χ0n) is 13.7. The van der Waals surface area contributed by atoms with Crippen molar-refractivity contribution in [3.05, 3.63) is 53.6 Å². The Morgan fingerprint density at radius 2 is 1.92 bits per heavy atom. The van der Waals surface area contributed by atoms with Crippen molar-refractivity contribution in [1.82, 2.24) is 0 Å². The predicted molar refractivity (Wildman–Crippen MR) is 91.5 cm³/mol. The van der Waals surface area contributed by atoms with Crippen molar-refractivity contribution >= 4 is 11.6 Å². The number of hydrogen-bond acceptors (Lipinski definition) is 4. The molecule has 1 N–H and O–H groups in total. The summed E-state index contributed by atoms with van der Waals surface area (Å²) in [5.41, 5.74) is 2.88. The molecule has 1 aliphatic heterocycles. The van der Waals surface area contributed by atoms with Gasteiger partial charge in [-0.1, -0.05) is 18.2 Å². The largest absolute Gasteiger partial charge is 0.486 e. The number of rotatable bonds is 6. The first kappa shape index (κ1) is 16.3. The summed E-state index contributed by atoms with van der Waals surface area (Å²) in [7, 11) is 1.65. The van der Waals surface area contributed by atoms with Crippen LogP contribution in [-0.4, -0.2) is 26.2 Å². The molecule has 24 heavy (non-hydrogen) atoms. The Bertz CT molecular complexity index is 714. The zero-order chi connectivity index (χ0) is 16.8. The van der Waals surface area contributed by atoms with Crippen LogP contribution in [0.25, 0.3) is 0 Å². The lowest BCUT2D eigenvalue weighted by Gasteiger charge is -2.18. The third kappa shape index (κ3) is 4.26. The van der Waals surface area contributed by atoms with Crippen molar-refractivity contribution in [1.29, 1.82) is 0 Å². The number of hydrogen-bond donors (Lipinski definition) is 1. The Morgan fingerprint density at radius 3 is 2.75 bits per heavy atom. The lowest BCUT2D eigenvalue weighted by atomic mass is 10.1. The smallest absolute Gasteiger partial charge is 0.224 e. The van der Waals surface area contributed by atoms with Gasteiger partial charge >= 0.3 is 0 Å². The molecule has 0 atom stereocenters. The Labute approximate surface area is 141 Å². The minimum Gasteiger partial charge on any atom is -0.486 e. The maximum atomic E-state index is 12.1. The summed E-state index contributed by atoms with van der Waals surface area (Å²) in [5, 5.41) is 2.92. The number of benzene rings is 2. The summed E-state index contributed by atoms with van der Waals surface area (Å²) in [5.74, 6) is 1.51. The molecule has 1 aliphatic rings. The van der Waals surface area contributed by atoms with Crippen LogP contribution >= 0.6 is 0 Å². The number of amides is 1. The van der Waals surface area contributed by atoms with Crippen LogP contribution in [0.15, 0.2) is 42.5 Å². The van der Waals surface area contributed by atoms with Gasteiger partial charge < -0.3 is 19.5 Å². The third-order valence-corrected chi connectivity index (χ3v) is 3.77. The number of methoxy groups -OCH3 is 1. The first-order valence-corrected chi connectivity index (χ1v) is 8.01. The highest BCUT2D eigenvalue weighted by atomic mass is 16.6. The lowest BCUT2D eigenvalue weighted by molar-refractivity contribution is -0.116. The molecule has 0 saturated heterocycles. The highest BCUT2D eigenvalue weighted by molar-refractivity contribution is 5.90. The van der Waals surface area contributed by atoms with Crippen LogP contribution in [0.1, 0.15) is 17.5 Å². The molecule has 0 spiro atoms. The molecule has 2 aromatic carbocycles. The molecule has 2 aromatic rings. The van der Waals surface area contributed by atoms with E-state index in [-0.39, 0.29) is 5.91 Å². The van der Waals surface area contributed by atoms with Gasteiger partial charge in [0.05, 0.1) is 6.61 Å². The molecular formula is C19H21NO4. The normalized spacial score (nSPS) is 12.7. The molecule has 0 fully saturated rings. The van der Waals surface area contributed by atoms with E-state index in [1.54, 1.807) is 7.11 Å². The van der Waals surface area contributed by atoms with E-state index in [1.165, 1.54) is 0 Å². The second-order valence-corrected chi connectivity index (χ2v) is 5.66. The summed E-state index contributed by atoms with van der Waals surface area (Å²) < 4.78 is 16.2. The van der Waals surface area contributed by atoms with E-state index in [0.29, 0.717) is 32.7 Å². The van der Waals surface area contributed by atoms with Crippen LogP contribution in [0.5, 0.6) is 11.5 Å². The van der Waals surface area contributed by atoms with Crippen molar-refractivity contribution in [3.63, 3.8) is 0 Å². The Kier molecular flexibility index (Phi) is 5.33. The molecule has 1 heterocycles. The monoisotopic (exact) mass is 327 g/mol. The van der Waals surface area contributed by atoms with Gasteiger partial charge in [0.2, 0.25) is 5.91 Å². The van der Waals surface area contributed by atoms with Crippen molar-refractivity contribution in [2.75, 3.05) is 25.6 Å². The van der Waals surface area contributed by atoms with Crippen LogP contribution in [0.3, 0.4) is 0 Å². The van der Waals surface area contributed by atoms with Crippen LogP contribution in [0, 0.1) is 0 Å². The molecule has 0 bridgehead atoms. The van der Waals surface area contributed by atoms with E-state index in [2.05, 4.69) is 5.32 Å². The van der Waals surface area contributed by atoms with Crippen LogP contribution in [-0.2, 0) is 22.6 Å². The van der Waals surface area contributed by atoms with E-state index in [4.69, 9.17) is 14.2 Å². The summed E-state index contributed by atoms with van der Waals surface area (Å²) in [4.78, 5) is 12.1. The molecule has 0 radical (unpaired) electrons. The molecule has 5 nitrogen and oxygen atoms in total. The summed E-state index contributed by atoms with van der Waals surface area (Å²) in [6.45, 7) is 1.67. The number of carbonyl (C=O) groups is 1. The first-order chi connectivity index (χ1) is 11.7. The highest BCUT2D eigenvalue weighted by Gasteiger charge is 2.12. The molecule has 126 valence electrons. The maximum absolute atomic E-state index is 12.1. The molecule has 0 unspecified atom stereocenters. The second-order valence-electron chi connectivity index (χ2n) is 5.66. The predicted octanol–water partition coefficient (Wildman–Crippen LogP) is 3.18. The highest BCUT2D eigenvalue weighted by Crippen LogP contribution is 2.31. The summed E-state index contributed by atoms with van der Waals surface area (Å²) in [6, 6.07) is 13.5. The minimum atomic E-state index is -0.0144. The van der Waals surface area contributed by atoms with Gasteiger partial charge in [-0.05, 0) is 41.8 Å². The fourth-order valence-electron chi connectivity index (χ4n) is 2.63. The molecule has 3 rings (SSSR count). The van der Waals surface area contributed by atoms with Crippen LogP contribution in [0.2, 0.25) is 0 Å². The van der Waals surface area contributed by atoms with E-state index in [1.807, 2.05) is 42.5 Å². The fraction of sp³-hybridized carbons (Fsp3) is 0.316. The molecule has 1 amide bonds. The molecule has 0 aromatic heterocycles. The zero-order valence-corrected chi connectivity index (χ0v) is 13.7. The number of carbonyl (C=O) groups excluding carboxylic acids is 1. The second kappa shape index (κ2) is 7.84. The van der Waals surface area contributed by atoms with Gasteiger partial charge in [0.25, 0.3) is 0 Å². The molecule has 5 heteroatoms. The average Bonchev–Trinajstić information content (AvgIpc) is 2.60. The van der Waals surface area contributed by atoms with Crippen molar-refractivity contribution in [2.24, 2.45) is 0 Å². The van der Waals surface area contributed by atoms with Gasteiger partial charge in [0, 0.05) is 19.2 Å². The van der Waals surface area contributed by atoms with Gasteiger partial charge in [-0.25, -0.2) is 0 Å². The van der Waals surface area contributed by atoms with Crippen LogP contribution < -0.4 is 14.8 Å². The van der Waals surface area contributed by atoms with E-state index in [9.17, 15) is 4.79 Å².